The van der Waals surface area contributed by atoms with E-state index in [1.807, 2.05) is 0 Å². The summed E-state index contributed by atoms with van der Waals surface area (Å²) in [5, 5.41) is 10.9. The van der Waals surface area contributed by atoms with Crippen LogP contribution < -0.4 is 10.1 Å². The van der Waals surface area contributed by atoms with E-state index in [4.69, 9.17) is 5.11 Å². The van der Waals surface area contributed by atoms with Gasteiger partial charge in [-0.3, -0.25) is 0 Å². The van der Waals surface area contributed by atoms with Crippen LogP contribution in [0.5, 0.6) is 5.75 Å². The molecule has 1 atom stereocenters. The summed E-state index contributed by atoms with van der Waals surface area (Å²) in [6.07, 6.45) is -12.3. The van der Waals surface area contributed by atoms with Gasteiger partial charge in [0.25, 0.3) is 0 Å². The molecule has 1 aromatic rings. The Kier molecular flexibility index (Phi) is 4.51. The van der Waals surface area contributed by atoms with E-state index >= 15 is 0 Å². The summed E-state index contributed by atoms with van der Waals surface area (Å²) in [4.78, 5) is 0. The van der Waals surface area contributed by atoms with E-state index in [9.17, 15) is 26.3 Å². The van der Waals surface area contributed by atoms with Gasteiger partial charge in [0.1, 0.15) is 5.75 Å². The predicted molar refractivity (Wildman–Crippen MR) is 53.7 cm³/mol. The second kappa shape index (κ2) is 5.55. The van der Waals surface area contributed by atoms with Crippen LogP contribution in [0, 0.1) is 0 Å². The topological polar surface area (TPSA) is 41.5 Å². The summed E-state index contributed by atoms with van der Waals surface area (Å²) in [5.41, 5.74) is -0.0370. The molecule has 1 aromatic carbocycles. The van der Waals surface area contributed by atoms with Crippen LogP contribution >= 0.6 is 0 Å². The van der Waals surface area contributed by atoms with Gasteiger partial charge >= 0.3 is 12.5 Å². The van der Waals surface area contributed by atoms with E-state index in [0.717, 1.165) is 12.1 Å². The number of aliphatic hydroxyl groups is 1. The average molecular weight is 289 g/mol. The normalized spacial score (nSPS) is 14.1. The zero-order valence-corrected chi connectivity index (χ0v) is 9.22. The van der Waals surface area contributed by atoms with Gasteiger partial charge < -0.3 is 15.2 Å². The first-order chi connectivity index (χ1) is 8.58. The van der Waals surface area contributed by atoms with Crippen LogP contribution in [0.2, 0.25) is 0 Å². The zero-order valence-electron chi connectivity index (χ0n) is 9.22. The van der Waals surface area contributed by atoms with Crippen LogP contribution in [0.4, 0.5) is 32.0 Å². The Morgan fingerprint density at radius 3 is 2.32 bits per heavy atom. The molecule has 0 saturated carbocycles. The molecular weight excluding hydrogens is 280 g/mol. The monoisotopic (exact) mass is 289 g/mol. The van der Waals surface area contributed by atoms with Gasteiger partial charge in [-0.05, 0) is 12.1 Å². The fourth-order valence-corrected chi connectivity index (χ4v) is 1.13. The van der Waals surface area contributed by atoms with Crippen molar-refractivity contribution in [3.63, 3.8) is 0 Å². The SMILES string of the molecule is OC(CNc1cccc(OC(F)(F)F)c1)C(F)(F)F. The second-order valence-corrected chi connectivity index (χ2v) is 3.51. The summed E-state index contributed by atoms with van der Waals surface area (Å²) in [6.45, 7) is -0.876. The highest BCUT2D eigenvalue weighted by Crippen LogP contribution is 2.25. The van der Waals surface area contributed by atoms with Crippen LogP contribution in [0.1, 0.15) is 0 Å². The third kappa shape index (κ3) is 5.69. The van der Waals surface area contributed by atoms with Crippen molar-refractivity contribution in [3.8, 4) is 5.75 Å². The molecule has 0 spiro atoms. The molecule has 0 amide bonds. The molecule has 3 nitrogen and oxygen atoms in total. The number of benzene rings is 1. The average Bonchev–Trinajstić information content (AvgIpc) is 2.22. The Hall–Kier alpha value is -1.64. The van der Waals surface area contributed by atoms with Crippen LogP contribution in [0.15, 0.2) is 24.3 Å². The number of hydrogen-bond donors (Lipinski definition) is 2. The molecule has 0 radical (unpaired) electrons. The Morgan fingerprint density at radius 1 is 1.16 bits per heavy atom. The number of aliphatic hydroxyl groups excluding tert-OH is 1. The maximum absolute atomic E-state index is 12.0. The molecule has 19 heavy (non-hydrogen) atoms. The van der Waals surface area contributed by atoms with Gasteiger partial charge in [0.05, 0.1) is 0 Å². The maximum Gasteiger partial charge on any atom is 0.573 e. The summed E-state index contributed by atoms with van der Waals surface area (Å²) in [6, 6.07) is 4.28. The Balaban J connectivity index is 2.63. The minimum absolute atomic E-state index is 0.0370. The van der Waals surface area contributed by atoms with Gasteiger partial charge in [-0.25, -0.2) is 0 Å². The van der Waals surface area contributed by atoms with Crippen LogP contribution in [-0.4, -0.2) is 30.3 Å². The van der Waals surface area contributed by atoms with Crippen molar-refractivity contribution in [2.24, 2.45) is 0 Å². The molecule has 0 aliphatic heterocycles. The van der Waals surface area contributed by atoms with E-state index < -0.39 is 30.9 Å². The van der Waals surface area contributed by atoms with Gasteiger partial charge in [-0.1, -0.05) is 6.07 Å². The molecule has 1 rings (SSSR count). The molecule has 1 unspecified atom stereocenters. The lowest BCUT2D eigenvalue weighted by Gasteiger charge is -2.16. The number of ether oxygens (including phenoxy) is 1. The van der Waals surface area contributed by atoms with E-state index in [0.29, 0.717) is 0 Å². The van der Waals surface area contributed by atoms with Crippen molar-refractivity contribution in [1.82, 2.24) is 0 Å². The maximum atomic E-state index is 12.0. The minimum Gasteiger partial charge on any atom is -0.406 e. The number of rotatable bonds is 4. The first-order valence-corrected chi connectivity index (χ1v) is 4.92. The summed E-state index contributed by atoms with van der Waals surface area (Å²) < 4.78 is 75.3. The molecular formula is C10H9F6NO2. The van der Waals surface area contributed by atoms with E-state index in [-0.39, 0.29) is 5.69 Å². The third-order valence-corrected chi connectivity index (χ3v) is 1.94. The molecule has 108 valence electrons. The summed E-state index contributed by atoms with van der Waals surface area (Å²) in [7, 11) is 0. The Labute approximate surface area is 103 Å². The lowest BCUT2D eigenvalue weighted by molar-refractivity contribution is -0.274. The highest BCUT2D eigenvalue weighted by molar-refractivity contribution is 5.48. The summed E-state index contributed by atoms with van der Waals surface area (Å²) >= 11 is 0. The summed E-state index contributed by atoms with van der Waals surface area (Å²) in [5.74, 6) is -0.570. The van der Waals surface area contributed by atoms with Crippen molar-refractivity contribution in [1.29, 1.82) is 0 Å². The van der Waals surface area contributed by atoms with Gasteiger partial charge in [-0.2, -0.15) is 13.2 Å². The fourth-order valence-electron chi connectivity index (χ4n) is 1.13. The van der Waals surface area contributed by atoms with Gasteiger partial charge in [0.2, 0.25) is 0 Å². The molecule has 9 heteroatoms. The third-order valence-electron chi connectivity index (χ3n) is 1.94. The zero-order chi connectivity index (χ0) is 14.7. The van der Waals surface area contributed by atoms with Crippen molar-refractivity contribution >= 4 is 5.69 Å². The van der Waals surface area contributed by atoms with E-state index in [1.165, 1.54) is 12.1 Å². The smallest absolute Gasteiger partial charge is 0.406 e. The molecule has 0 saturated heterocycles. The van der Waals surface area contributed by atoms with Crippen molar-refractivity contribution in [2.75, 3.05) is 11.9 Å². The molecule has 0 bridgehead atoms. The van der Waals surface area contributed by atoms with Crippen molar-refractivity contribution in [2.45, 2.75) is 18.6 Å². The number of alkyl halides is 6. The van der Waals surface area contributed by atoms with E-state index in [2.05, 4.69) is 10.1 Å². The first-order valence-electron chi connectivity index (χ1n) is 4.92. The lowest BCUT2D eigenvalue weighted by atomic mass is 10.2. The molecule has 0 aliphatic rings. The predicted octanol–water partition coefficient (Wildman–Crippen LogP) is 2.92. The van der Waals surface area contributed by atoms with Crippen molar-refractivity contribution < 1.29 is 36.2 Å². The quantitative estimate of drug-likeness (QED) is 0.837. The van der Waals surface area contributed by atoms with Crippen LogP contribution in [-0.2, 0) is 0 Å². The highest BCUT2D eigenvalue weighted by Gasteiger charge is 2.37. The molecule has 0 heterocycles. The fraction of sp³-hybridized carbons (Fsp3) is 0.400. The first kappa shape index (κ1) is 15.4. The number of hydrogen-bond acceptors (Lipinski definition) is 3. The molecule has 2 N–H and O–H groups in total. The van der Waals surface area contributed by atoms with Crippen LogP contribution in [0.25, 0.3) is 0 Å². The standard InChI is InChI=1S/C10H9F6NO2/c11-9(12,13)8(18)5-17-6-2-1-3-7(4-6)19-10(14,15)16/h1-4,8,17-18H,5H2. The largest absolute Gasteiger partial charge is 0.573 e. The molecule has 0 aliphatic carbocycles. The Morgan fingerprint density at radius 2 is 1.79 bits per heavy atom. The van der Waals surface area contributed by atoms with E-state index in [1.54, 1.807) is 0 Å². The van der Waals surface area contributed by atoms with Gasteiger partial charge in [0, 0.05) is 18.3 Å². The number of nitrogens with one attached hydrogen (secondary N) is 1. The lowest BCUT2D eigenvalue weighted by Crippen LogP contribution is -2.35. The molecule has 0 fully saturated rings. The second-order valence-electron chi connectivity index (χ2n) is 3.51. The van der Waals surface area contributed by atoms with Crippen LogP contribution in [0.3, 0.4) is 0 Å². The van der Waals surface area contributed by atoms with Gasteiger partial charge in [-0.15, -0.1) is 13.2 Å². The van der Waals surface area contributed by atoms with Gasteiger partial charge in [0.15, 0.2) is 6.10 Å². The molecule has 0 aromatic heterocycles. The minimum atomic E-state index is -4.88. The highest BCUT2D eigenvalue weighted by atomic mass is 19.4. The Bertz CT molecular complexity index is 417. The van der Waals surface area contributed by atoms with Crippen molar-refractivity contribution in [3.05, 3.63) is 24.3 Å². The number of anilines is 1. The number of halogens is 6.